The summed E-state index contributed by atoms with van der Waals surface area (Å²) in [6.45, 7) is -0.394. The second-order valence-corrected chi connectivity index (χ2v) is 7.58. The fourth-order valence-corrected chi connectivity index (χ4v) is 4.29. The largest absolute Gasteiger partial charge is 0.497 e. The van der Waals surface area contributed by atoms with Gasteiger partial charge in [0.15, 0.2) is 23.2 Å². The van der Waals surface area contributed by atoms with Crippen molar-refractivity contribution in [2.75, 3.05) is 19.0 Å². The van der Waals surface area contributed by atoms with E-state index in [9.17, 15) is 15.3 Å². The summed E-state index contributed by atoms with van der Waals surface area (Å²) in [5.74, 6) is 1.43. The SMILES string of the molecule is COc1ccc2c(c1)CC[C@H]2Nc1ncnc2c1ncn2[C@@H]1O[C@H](CO)[C@@H](O)[C@H]1O. The van der Waals surface area contributed by atoms with Gasteiger partial charge >= 0.3 is 0 Å². The summed E-state index contributed by atoms with van der Waals surface area (Å²) in [5, 5.41) is 33.2. The molecule has 4 N–H and O–H groups in total. The molecule has 10 heteroatoms. The molecule has 0 unspecified atom stereocenters. The van der Waals surface area contributed by atoms with E-state index in [0.29, 0.717) is 17.0 Å². The van der Waals surface area contributed by atoms with E-state index in [0.717, 1.165) is 18.6 Å². The quantitative estimate of drug-likeness (QED) is 0.473. The van der Waals surface area contributed by atoms with Crippen molar-refractivity contribution in [1.82, 2.24) is 19.5 Å². The Morgan fingerprint density at radius 1 is 1.23 bits per heavy atom. The van der Waals surface area contributed by atoms with Crippen LogP contribution in [-0.4, -0.2) is 66.9 Å². The molecule has 10 nitrogen and oxygen atoms in total. The zero-order valence-electron chi connectivity index (χ0n) is 16.3. The number of anilines is 1. The third kappa shape index (κ3) is 3.00. The standard InChI is InChI=1S/C20H23N5O5/c1-29-11-3-4-12-10(6-11)2-5-13(12)24-18-15-19(22-8-21-18)25(9-23-15)20-17(28)16(27)14(7-26)30-20/h3-4,6,8-9,13-14,16-17,20,26-28H,2,5,7H2,1H3,(H,21,22,24)/t13-,14-,16-,17-,20-/m1/s1. The van der Waals surface area contributed by atoms with Crippen molar-refractivity contribution in [3.05, 3.63) is 42.0 Å². The molecule has 0 saturated carbocycles. The Labute approximate surface area is 172 Å². The molecule has 5 rings (SSSR count). The van der Waals surface area contributed by atoms with Gasteiger partial charge in [-0.3, -0.25) is 4.57 Å². The molecule has 0 radical (unpaired) electrons. The molecule has 1 fully saturated rings. The lowest BCUT2D eigenvalue weighted by molar-refractivity contribution is -0.0511. The summed E-state index contributed by atoms with van der Waals surface area (Å²) in [6, 6.07) is 6.16. The summed E-state index contributed by atoms with van der Waals surface area (Å²) in [5.41, 5.74) is 3.45. The summed E-state index contributed by atoms with van der Waals surface area (Å²) in [4.78, 5) is 13.1. The van der Waals surface area contributed by atoms with Crippen molar-refractivity contribution in [2.45, 2.75) is 43.4 Å². The van der Waals surface area contributed by atoms with Crippen LogP contribution in [0.25, 0.3) is 11.2 Å². The molecule has 1 aromatic carbocycles. The van der Waals surface area contributed by atoms with E-state index in [2.05, 4.69) is 32.4 Å². The predicted octanol–water partition coefficient (Wildman–Crippen LogP) is 0.546. The lowest BCUT2D eigenvalue weighted by Gasteiger charge is -2.17. The lowest BCUT2D eigenvalue weighted by atomic mass is 10.1. The number of ether oxygens (including phenoxy) is 2. The van der Waals surface area contributed by atoms with Crippen molar-refractivity contribution in [1.29, 1.82) is 0 Å². The number of aryl methyl sites for hydroxylation is 1. The number of nitrogens with zero attached hydrogens (tertiary/aromatic N) is 4. The summed E-state index contributed by atoms with van der Waals surface area (Å²) >= 11 is 0. The van der Waals surface area contributed by atoms with Crippen LogP contribution < -0.4 is 10.1 Å². The van der Waals surface area contributed by atoms with E-state index in [1.165, 1.54) is 23.8 Å². The van der Waals surface area contributed by atoms with Crippen LogP contribution in [0.15, 0.2) is 30.9 Å². The van der Waals surface area contributed by atoms with Crippen molar-refractivity contribution >= 4 is 17.0 Å². The summed E-state index contributed by atoms with van der Waals surface area (Å²) in [6.07, 6.45) is 0.621. The van der Waals surface area contributed by atoms with Crippen LogP contribution in [0.5, 0.6) is 5.75 Å². The van der Waals surface area contributed by atoms with E-state index < -0.39 is 31.1 Å². The van der Waals surface area contributed by atoms with Crippen molar-refractivity contribution in [3.63, 3.8) is 0 Å². The zero-order valence-corrected chi connectivity index (χ0v) is 16.3. The first kappa shape index (κ1) is 19.2. The molecular formula is C20H23N5O5. The number of hydrogen-bond acceptors (Lipinski definition) is 9. The van der Waals surface area contributed by atoms with Crippen molar-refractivity contribution in [3.8, 4) is 5.75 Å². The highest BCUT2D eigenvalue weighted by Crippen LogP contribution is 2.37. The minimum Gasteiger partial charge on any atom is -0.497 e. The lowest BCUT2D eigenvalue weighted by Crippen LogP contribution is -2.33. The average Bonchev–Trinajstić information content (AvgIpc) is 3.45. The fourth-order valence-electron chi connectivity index (χ4n) is 4.29. The van der Waals surface area contributed by atoms with Crippen LogP contribution in [0.2, 0.25) is 0 Å². The van der Waals surface area contributed by atoms with Crippen molar-refractivity contribution < 1.29 is 24.8 Å². The van der Waals surface area contributed by atoms with Crippen LogP contribution in [0.4, 0.5) is 5.82 Å². The molecule has 3 heterocycles. The van der Waals surface area contributed by atoms with E-state index in [4.69, 9.17) is 9.47 Å². The van der Waals surface area contributed by atoms with Gasteiger partial charge in [0, 0.05) is 0 Å². The molecule has 1 aliphatic carbocycles. The minimum atomic E-state index is -1.21. The molecule has 0 spiro atoms. The van der Waals surface area contributed by atoms with Gasteiger partial charge in [-0.1, -0.05) is 6.07 Å². The zero-order chi connectivity index (χ0) is 20.8. The third-order valence-corrected chi connectivity index (χ3v) is 5.89. The van der Waals surface area contributed by atoms with Gasteiger partial charge in [-0.2, -0.15) is 0 Å². The van der Waals surface area contributed by atoms with Crippen LogP contribution >= 0.6 is 0 Å². The van der Waals surface area contributed by atoms with Gasteiger partial charge in [0.05, 0.1) is 26.1 Å². The first-order valence-corrected chi connectivity index (χ1v) is 9.84. The molecule has 158 valence electrons. The van der Waals surface area contributed by atoms with Crippen LogP contribution in [0, 0.1) is 0 Å². The number of methoxy groups -OCH3 is 1. The number of aromatic nitrogens is 4. The van der Waals surface area contributed by atoms with E-state index >= 15 is 0 Å². The Balaban J connectivity index is 1.44. The van der Waals surface area contributed by atoms with Gasteiger partial charge in [-0.05, 0) is 36.1 Å². The highest BCUT2D eigenvalue weighted by molar-refractivity contribution is 5.83. The first-order valence-electron chi connectivity index (χ1n) is 9.84. The number of aliphatic hydroxyl groups excluding tert-OH is 3. The Morgan fingerprint density at radius 3 is 2.87 bits per heavy atom. The molecule has 0 bridgehead atoms. The van der Waals surface area contributed by atoms with Gasteiger partial charge in [0.25, 0.3) is 0 Å². The molecule has 30 heavy (non-hydrogen) atoms. The number of aliphatic hydroxyl groups is 3. The average molecular weight is 413 g/mol. The van der Waals surface area contributed by atoms with Crippen LogP contribution in [-0.2, 0) is 11.2 Å². The Kier molecular flexibility index (Phi) is 4.78. The molecule has 2 aromatic heterocycles. The summed E-state index contributed by atoms with van der Waals surface area (Å²) in [7, 11) is 1.66. The highest BCUT2D eigenvalue weighted by atomic mass is 16.6. The first-order chi connectivity index (χ1) is 14.6. The molecule has 0 amide bonds. The van der Waals surface area contributed by atoms with Crippen LogP contribution in [0.1, 0.15) is 29.8 Å². The maximum atomic E-state index is 10.3. The normalized spacial score (nSPS) is 28.1. The molecule has 1 aliphatic heterocycles. The molecular weight excluding hydrogens is 390 g/mol. The molecule has 5 atom stereocenters. The Hall–Kier alpha value is -2.79. The highest BCUT2D eigenvalue weighted by Gasteiger charge is 2.44. The van der Waals surface area contributed by atoms with Crippen molar-refractivity contribution in [2.24, 2.45) is 0 Å². The van der Waals surface area contributed by atoms with Gasteiger partial charge < -0.3 is 30.1 Å². The number of benzene rings is 1. The molecule has 3 aromatic rings. The van der Waals surface area contributed by atoms with Gasteiger partial charge in [-0.25, -0.2) is 15.0 Å². The maximum absolute atomic E-state index is 10.3. The van der Waals surface area contributed by atoms with E-state index in [1.54, 1.807) is 11.7 Å². The topological polar surface area (TPSA) is 135 Å². The van der Waals surface area contributed by atoms with E-state index in [1.807, 2.05) is 6.07 Å². The third-order valence-electron chi connectivity index (χ3n) is 5.89. The molecule has 2 aliphatic rings. The second kappa shape index (κ2) is 7.47. The smallest absolute Gasteiger partial charge is 0.167 e. The van der Waals surface area contributed by atoms with Gasteiger partial charge in [-0.15, -0.1) is 0 Å². The van der Waals surface area contributed by atoms with E-state index in [-0.39, 0.29) is 6.04 Å². The number of nitrogens with one attached hydrogen (secondary N) is 1. The minimum absolute atomic E-state index is 0.0862. The summed E-state index contributed by atoms with van der Waals surface area (Å²) < 4.78 is 12.5. The monoisotopic (exact) mass is 413 g/mol. The fraction of sp³-hybridized carbons (Fsp3) is 0.450. The Bertz CT molecular complexity index is 1070. The predicted molar refractivity (Wildman–Crippen MR) is 106 cm³/mol. The van der Waals surface area contributed by atoms with Gasteiger partial charge in [0.2, 0.25) is 0 Å². The Morgan fingerprint density at radius 2 is 2.10 bits per heavy atom. The second-order valence-electron chi connectivity index (χ2n) is 7.58. The van der Waals surface area contributed by atoms with Gasteiger partial charge in [0.1, 0.15) is 30.4 Å². The number of rotatable bonds is 5. The number of fused-ring (bicyclic) bond motifs is 2. The number of imidazole rings is 1. The number of hydrogen-bond donors (Lipinski definition) is 4. The maximum Gasteiger partial charge on any atom is 0.167 e. The molecule has 1 saturated heterocycles. The van der Waals surface area contributed by atoms with Crippen LogP contribution in [0.3, 0.4) is 0 Å².